The molecule has 6 heteroatoms. The minimum Gasteiger partial charge on any atom is -0.492 e. The molecule has 0 aliphatic heterocycles. The van der Waals surface area contributed by atoms with Gasteiger partial charge in [0.1, 0.15) is 23.9 Å². The summed E-state index contributed by atoms with van der Waals surface area (Å²) in [4.78, 5) is 11.6. The molecule has 2 aromatic carbocycles. The number of primary amides is 1. The van der Waals surface area contributed by atoms with Crippen molar-refractivity contribution in [3.05, 3.63) is 72.2 Å². The van der Waals surface area contributed by atoms with E-state index < -0.39 is 5.91 Å². The lowest BCUT2D eigenvalue weighted by molar-refractivity contribution is 0.100. The summed E-state index contributed by atoms with van der Waals surface area (Å²) in [6, 6.07) is 15.2. The summed E-state index contributed by atoms with van der Waals surface area (Å²) >= 11 is 0. The van der Waals surface area contributed by atoms with Crippen LogP contribution in [0.4, 0.5) is 4.39 Å². The minimum absolute atomic E-state index is 0.312. The van der Waals surface area contributed by atoms with E-state index in [1.165, 1.54) is 12.1 Å². The smallest absolute Gasteiger partial charge is 0.252 e. The number of benzene rings is 2. The quantitative estimate of drug-likeness (QED) is 0.757. The molecule has 5 nitrogen and oxygen atoms in total. The summed E-state index contributed by atoms with van der Waals surface area (Å²) in [6.45, 7) is 0.768. The zero-order chi connectivity index (χ0) is 16.9. The first kappa shape index (κ1) is 15.7. The van der Waals surface area contributed by atoms with E-state index in [0.717, 1.165) is 5.56 Å². The Morgan fingerprint density at radius 2 is 1.83 bits per heavy atom. The van der Waals surface area contributed by atoms with E-state index in [0.29, 0.717) is 30.2 Å². The van der Waals surface area contributed by atoms with Crippen LogP contribution in [0.25, 0.3) is 11.3 Å². The number of hydrogen-bond donors (Lipinski definition) is 1. The van der Waals surface area contributed by atoms with Crippen molar-refractivity contribution in [1.29, 1.82) is 0 Å². The minimum atomic E-state index is -0.528. The number of aromatic nitrogens is 2. The molecule has 0 atom stereocenters. The zero-order valence-electron chi connectivity index (χ0n) is 12.9. The van der Waals surface area contributed by atoms with E-state index >= 15 is 0 Å². The van der Waals surface area contributed by atoms with Crippen molar-refractivity contribution in [3.63, 3.8) is 0 Å². The van der Waals surface area contributed by atoms with Crippen LogP contribution in [0, 0.1) is 5.82 Å². The summed E-state index contributed by atoms with van der Waals surface area (Å²) in [6.07, 6.45) is 1.61. The lowest BCUT2D eigenvalue weighted by Crippen LogP contribution is -2.11. The molecule has 0 aliphatic carbocycles. The van der Waals surface area contributed by atoms with Crippen LogP contribution >= 0.6 is 0 Å². The van der Waals surface area contributed by atoms with Gasteiger partial charge in [-0.25, -0.2) is 4.39 Å². The highest BCUT2D eigenvalue weighted by molar-refractivity contribution is 5.98. The van der Waals surface area contributed by atoms with Gasteiger partial charge in [-0.1, -0.05) is 30.3 Å². The molecule has 0 spiro atoms. The molecule has 3 aromatic rings. The van der Waals surface area contributed by atoms with E-state index in [4.69, 9.17) is 10.5 Å². The van der Waals surface area contributed by atoms with Gasteiger partial charge in [-0.05, 0) is 24.3 Å². The Morgan fingerprint density at radius 1 is 1.12 bits per heavy atom. The maximum Gasteiger partial charge on any atom is 0.252 e. The van der Waals surface area contributed by atoms with Crippen LogP contribution in [0.15, 0.2) is 60.8 Å². The molecule has 0 saturated heterocycles. The predicted octanol–water partition coefficient (Wildman–Crippen LogP) is 2.87. The van der Waals surface area contributed by atoms with Gasteiger partial charge in [0, 0.05) is 11.8 Å². The van der Waals surface area contributed by atoms with E-state index in [1.807, 2.05) is 30.3 Å². The van der Waals surface area contributed by atoms with Crippen LogP contribution in [0.3, 0.4) is 0 Å². The van der Waals surface area contributed by atoms with Gasteiger partial charge in [0.05, 0.1) is 12.1 Å². The first-order valence-corrected chi connectivity index (χ1v) is 7.44. The summed E-state index contributed by atoms with van der Waals surface area (Å²) in [5, 5.41) is 4.42. The molecule has 0 saturated carbocycles. The monoisotopic (exact) mass is 325 g/mol. The molecule has 0 bridgehead atoms. The number of rotatable bonds is 6. The number of ether oxygens (including phenoxy) is 1. The number of carbonyl (C=O) groups excluding carboxylic acids is 1. The van der Waals surface area contributed by atoms with Crippen LogP contribution in [0.1, 0.15) is 10.4 Å². The number of hydrogen-bond acceptors (Lipinski definition) is 3. The second-order valence-electron chi connectivity index (χ2n) is 5.19. The molecule has 0 aliphatic rings. The van der Waals surface area contributed by atoms with E-state index in [9.17, 15) is 9.18 Å². The van der Waals surface area contributed by atoms with Gasteiger partial charge in [-0.2, -0.15) is 5.10 Å². The summed E-state index contributed by atoms with van der Waals surface area (Å²) < 4.78 is 20.0. The molecule has 24 heavy (non-hydrogen) atoms. The fourth-order valence-electron chi connectivity index (χ4n) is 2.31. The largest absolute Gasteiger partial charge is 0.492 e. The topological polar surface area (TPSA) is 70.1 Å². The fraction of sp³-hybridized carbons (Fsp3) is 0.111. The number of nitrogens with two attached hydrogens (primary N) is 1. The molecular formula is C18H16FN3O2. The normalized spacial score (nSPS) is 10.5. The third kappa shape index (κ3) is 3.60. The molecule has 1 heterocycles. The third-order valence-corrected chi connectivity index (χ3v) is 3.48. The highest BCUT2D eigenvalue weighted by Gasteiger charge is 2.15. The van der Waals surface area contributed by atoms with Crippen molar-refractivity contribution >= 4 is 5.91 Å². The highest BCUT2D eigenvalue weighted by Crippen LogP contribution is 2.21. The highest BCUT2D eigenvalue weighted by atomic mass is 19.1. The van der Waals surface area contributed by atoms with E-state index in [1.54, 1.807) is 23.0 Å². The molecule has 2 N–H and O–H groups in total. The standard InChI is InChI=1S/C18H16FN3O2/c19-14-6-8-15(9-7-14)24-11-10-22-12-16(18(20)23)17(21-22)13-4-2-1-3-5-13/h1-9,12H,10-11H2,(H2,20,23). The van der Waals surface area contributed by atoms with Gasteiger partial charge in [-0.15, -0.1) is 0 Å². The molecule has 3 rings (SSSR count). The van der Waals surface area contributed by atoms with Crippen molar-refractivity contribution in [2.75, 3.05) is 6.61 Å². The van der Waals surface area contributed by atoms with Gasteiger partial charge < -0.3 is 10.5 Å². The Labute approximate surface area is 138 Å². The second-order valence-corrected chi connectivity index (χ2v) is 5.19. The van der Waals surface area contributed by atoms with Crippen LogP contribution in [0.5, 0.6) is 5.75 Å². The summed E-state index contributed by atoms with van der Waals surface area (Å²) in [5.74, 6) is -0.269. The molecule has 1 aromatic heterocycles. The molecule has 122 valence electrons. The van der Waals surface area contributed by atoms with Crippen LogP contribution in [-0.4, -0.2) is 22.3 Å². The van der Waals surface area contributed by atoms with Gasteiger partial charge in [0.2, 0.25) is 0 Å². The number of carbonyl (C=O) groups is 1. The Hall–Kier alpha value is -3.15. The molecule has 0 unspecified atom stereocenters. The van der Waals surface area contributed by atoms with Crippen LogP contribution in [0.2, 0.25) is 0 Å². The maximum atomic E-state index is 12.8. The predicted molar refractivity (Wildman–Crippen MR) is 88.1 cm³/mol. The van der Waals surface area contributed by atoms with Gasteiger partial charge in [0.15, 0.2) is 0 Å². The first-order valence-electron chi connectivity index (χ1n) is 7.44. The lowest BCUT2D eigenvalue weighted by atomic mass is 10.1. The van der Waals surface area contributed by atoms with Crippen LogP contribution < -0.4 is 10.5 Å². The van der Waals surface area contributed by atoms with E-state index in [-0.39, 0.29) is 5.82 Å². The van der Waals surface area contributed by atoms with Crippen molar-refractivity contribution in [1.82, 2.24) is 9.78 Å². The summed E-state index contributed by atoms with van der Waals surface area (Å²) in [5.41, 5.74) is 7.17. The second kappa shape index (κ2) is 6.95. The van der Waals surface area contributed by atoms with E-state index in [2.05, 4.69) is 5.10 Å². The zero-order valence-corrected chi connectivity index (χ0v) is 12.9. The number of amides is 1. The molecular weight excluding hydrogens is 309 g/mol. The van der Waals surface area contributed by atoms with Gasteiger partial charge in [-0.3, -0.25) is 9.48 Å². The Bertz CT molecular complexity index is 829. The Balaban J connectivity index is 1.72. The van der Waals surface area contributed by atoms with Crippen molar-refractivity contribution in [2.45, 2.75) is 6.54 Å². The third-order valence-electron chi connectivity index (χ3n) is 3.48. The average Bonchev–Trinajstić information content (AvgIpc) is 3.02. The molecule has 0 radical (unpaired) electrons. The molecule has 1 amide bonds. The average molecular weight is 325 g/mol. The van der Waals surface area contributed by atoms with Gasteiger partial charge >= 0.3 is 0 Å². The van der Waals surface area contributed by atoms with Crippen molar-refractivity contribution < 1.29 is 13.9 Å². The SMILES string of the molecule is NC(=O)c1cn(CCOc2ccc(F)cc2)nc1-c1ccccc1. The molecule has 0 fully saturated rings. The lowest BCUT2D eigenvalue weighted by Gasteiger charge is -2.06. The van der Waals surface area contributed by atoms with Crippen molar-refractivity contribution in [2.24, 2.45) is 5.73 Å². The van der Waals surface area contributed by atoms with Gasteiger partial charge in [0.25, 0.3) is 5.91 Å². The maximum absolute atomic E-state index is 12.8. The summed E-state index contributed by atoms with van der Waals surface area (Å²) in [7, 11) is 0. The fourth-order valence-corrected chi connectivity index (χ4v) is 2.31. The Morgan fingerprint density at radius 3 is 2.50 bits per heavy atom. The Kier molecular flexibility index (Phi) is 4.56. The number of nitrogens with zero attached hydrogens (tertiary/aromatic N) is 2. The van der Waals surface area contributed by atoms with Crippen molar-refractivity contribution in [3.8, 4) is 17.0 Å². The number of halogens is 1. The van der Waals surface area contributed by atoms with Crippen LogP contribution in [-0.2, 0) is 6.54 Å². The first-order chi connectivity index (χ1) is 11.6.